The maximum atomic E-state index is 13.9. The average Bonchev–Trinajstić information content (AvgIpc) is 2.74. The second kappa shape index (κ2) is 9.80. The number of ether oxygens (including phenoxy) is 1. The minimum Gasteiger partial charge on any atom is -0.377 e. The first-order valence-corrected chi connectivity index (χ1v) is 9.62. The minimum atomic E-state index is -0.603. The standard InChI is InChI=1S/C24H23FN2O3/c1-3-30-15-17-7-6-8-19(13-17)26-23(28)18-12-11-16(2)22(14-18)27-24(29)20-9-4-5-10-21(20)25/h4-14H,3,15H2,1-2H3,(H,26,28)(H,27,29). The van der Waals surface area contributed by atoms with Crippen molar-refractivity contribution in [1.82, 2.24) is 0 Å². The smallest absolute Gasteiger partial charge is 0.258 e. The molecule has 0 aliphatic rings. The number of carbonyl (C=O) groups is 2. The maximum Gasteiger partial charge on any atom is 0.258 e. The normalized spacial score (nSPS) is 10.5. The highest BCUT2D eigenvalue weighted by Gasteiger charge is 2.14. The van der Waals surface area contributed by atoms with E-state index in [1.165, 1.54) is 18.2 Å². The van der Waals surface area contributed by atoms with Crippen molar-refractivity contribution in [2.75, 3.05) is 17.2 Å². The van der Waals surface area contributed by atoms with Crippen molar-refractivity contribution in [1.29, 1.82) is 0 Å². The SMILES string of the molecule is CCOCc1cccc(NC(=O)c2ccc(C)c(NC(=O)c3ccccc3F)c2)c1. The molecule has 0 fully saturated rings. The van der Waals surface area contributed by atoms with Gasteiger partial charge < -0.3 is 15.4 Å². The number of rotatable bonds is 7. The zero-order valence-corrected chi connectivity index (χ0v) is 16.9. The Morgan fingerprint density at radius 3 is 2.50 bits per heavy atom. The van der Waals surface area contributed by atoms with Crippen LogP contribution in [-0.4, -0.2) is 18.4 Å². The Morgan fingerprint density at radius 1 is 0.933 bits per heavy atom. The fraction of sp³-hybridized carbons (Fsp3) is 0.167. The highest BCUT2D eigenvalue weighted by atomic mass is 19.1. The van der Waals surface area contributed by atoms with Crippen molar-refractivity contribution in [3.63, 3.8) is 0 Å². The molecular formula is C24H23FN2O3. The van der Waals surface area contributed by atoms with Crippen molar-refractivity contribution >= 4 is 23.2 Å². The van der Waals surface area contributed by atoms with Crippen molar-refractivity contribution in [3.8, 4) is 0 Å². The molecule has 0 aliphatic carbocycles. The summed E-state index contributed by atoms with van der Waals surface area (Å²) in [6.45, 7) is 4.81. The van der Waals surface area contributed by atoms with E-state index in [0.717, 1.165) is 11.1 Å². The summed E-state index contributed by atoms with van der Waals surface area (Å²) >= 11 is 0. The van der Waals surface area contributed by atoms with Crippen LogP contribution in [0.4, 0.5) is 15.8 Å². The molecule has 5 nitrogen and oxygen atoms in total. The molecule has 3 aromatic rings. The molecule has 0 atom stereocenters. The summed E-state index contributed by atoms with van der Waals surface area (Å²) in [6, 6.07) is 18.1. The van der Waals surface area contributed by atoms with E-state index in [9.17, 15) is 14.0 Å². The van der Waals surface area contributed by atoms with Gasteiger partial charge in [0.1, 0.15) is 5.82 Å². The van der Waals surface area contributed by atoms with Gasteiger partial charge in [0.25, 0.3) is 11.8 Å². The molecule has 0 saturated carbocycles. The number of hydrogen-bond acceptors (Lipinski definition) is 3. The van der Waals surface area contributed by atoms with Crippen LogP contribution < -0.4 is 10.6 Å². The molecular weight excluding hydrogens is 383 g/mol. The lowest BCUT2D eigenvalue weighted by molar-refractivity contribution is 0.101. The second-order valence-corrected chi connectivity index (χ2v) is 6.76. The highest BCUT2D eigenvalue weighted by molar-refractivity contribution is 6.07. The molecule has 2 N–H and O–H groups in total. The van der Waals surface area contributed by atoms with E-state index < -0.39 is 11.7 Å². The zero-order valence-electron chi connectivity index (χ0n) is 16.9. The lowest BCUT2D eigenvalue weighted by atomic mass is 10.1. The Morgan fingerprint density at radius 2 is 1.73 bits per heavy atom. The van der Waals surface area contributed by atoms with Crippen LogP contribution in [0.5, 0.6) is 0 Å². The molecule has 0 saturated heterocycles. The summed E-state index contributed by atoms with van der Waals surface area (Å²) in [7, 11) is 0. The number of anilines is 2. The van der Waals surface area contributed by atoms with Gasteiger partial charge in [-0.25, -0.2) is 4.39 Å². The van der Waals surface area contributed by atoms with Crippen molar-refractivity contribution in [2.45, 2.75) is 20.5 Å². The molecule has 0 bridgehead atoms. The summed E-state index contributed by atoms with van der Waals surface area (Å²) in [5.41, 5.74) is 3.12. The van der Waals surface area contributed by atoms with Crippen molar-refractivity contribution in [3.05, 3.63) is 94.8 Å². The van der Waals surface area contributed by atoms with Crippen LogP contribution in [0.1, 0.15) is 38.8 Å². The van der Waals surface area contributed by atoms with Gasteiger partial charge in [0.2, 0.25) is 0 Å². The Kier molecular flexibility index (Phi) is 6.93. The van der Waals surface area contributed by atoms with Crippen molar-refractivity contribution < 1.29 is 18.7 Å². The van der Waals surface area contributed by atoms with Gasteiger partial charge in [-0.3, -0.25) is 9.59 Å². The predicted molar refractivity (Wildman–Crippen MR) is 115 cm³/mol. The van der Waals surface area contributed by atoms with Gasteiger partial charge in [-0.2, -0.15) is 0 Å². The Hall–Kier alpha value is -3.51. The number of halogens is 1. The maximum absolute atomic E-state index is 13.9. The number of benzene rings is 3. The Balaban J connectivity index is 1.75. The van der Waals surface area contributed by atoms with Gasteiger partial charge in [-0.15, -0.1) is 0 Å². The van der Waals surface area contributed by atoms with Crippen LogP contribution in [0.3, 0.4) is 0 Å². The number of aryl methyl sites for hydroxylation is 1. The van der Waals surface area contributed by atoms with Crippen LogP contribution >= 0.6 is 0 Å². The summed E-state index contributed by atoms with van der Waals surface area (Å²) in [5, 5.41) is 5.53. The van der Waals surface area contributed by atoms with Gasteiger partial charge in [0.05, 0.1) is 12.2 Å². The molecule has 6 heteroatoms. The fourth-order valence-electron chi connectivity index (χ4n) is 2.89. The highest BCUT2D eigenvalue weighted by Crippen LogP contribution is 2.20. The predicted octanol–water partition coefficient (Wildman–Crippen LogP) is 5.18. The third-order valence-electron chi connectivity index (χ3n) is 4.52. The van der Waals surface area contributed by atoms with E-state index in [4.69, 9.17) is 4.74 Å². The van der Waals surface area contributed by atoms with Gasteiger partial charge in [0, 0.05) is 23.5 Å². The van der Waals surface area contributed by atoms with Crippen LogP contribution in [0.25, 0.3) is 0 Å². The van der Waals surface area contributed by atoms with Crippen LogP contribution in [0.15, 0.2) is 66.7 Å². The summed E-state index contributed by atoms with van der Waals surface area (Å²) in [5.74, 6) is -1.49. The van der Waals surface area contributed by atoms with Gasteiger partial charge in [-0.05, 0) is 61.4 Å². The second-order valence-electron chi connectivity index (χ2n) is 6.76. The van der Waals surface area contributed by atoms with Gasteiger partial charge >= 0.3 is 0 Å². The molecule has 0 spiro atoms. The van der Waals surface area contributed by atoms with Crippen LogP contribution in [0.2, 0.25) is 0 Å². The van der Waals surface area contributed by atoms with E-state index >= 15 is 0 Å². The van der Waals surface area contributed by atoms with E-state index in [0.29, 0.717) is 30.2 Å². The molecule has 2 amide bonds. The molecule has 0 unspecified atom stereocenters. The molecule has 3 rings (SSSR count). The molecule has 154 valence electrons. The lowest BCUT2D eigenvalue weighted by Crippen LogP contribution is -2.16. The third kappa shape index (κ3) is 5.30. The van der Waals surface area contributed by atoms with Crippen LogP contribution in [-0.2, 0) is 11.3 Å². The number of hydrogen-bond donors (Lipinski definition) is 2. The third-order valence-corrected chi connectivity index (χ3v) is 4.52. The first kappa shape index (κ1) is 21.2. The molecule has 3 aromatic carbocycles. The quantitative estimate of drug-likeness (QED) is 0.568. The Bertz CT molecular complexity index is 1070. The number of carbonyl (C=O) groups excluding carboxylic acids is 2. The van der Waals surface area contributed by atoms with E-state index in [-0.39, 0.29) is 11.5 Å². The topological polar surface area (TPSA) is 67.4 Å². The molecule has 0 heterocycles. The van der Waals surface area contributed by atoms with Gasteiger partial charge in [0.15, 0.2) is 0 Å². The molecule has 30 heavy (non-hydrogen) atoms. The Labute approximate surface area is 174 Å². The van der Waals surface area contributed by atoms with E-state index in [1.807, 2.05) is 25.1 Å². The summed E-state index contributed by atoms with van der Waals surface area (Å²) in [4.78, 5) is 25.1. The zero-order chi connectivity index (χ0) is 21.5. The first-order valence-electron chi connectivity index (χ1n) is 9.62. The van der Waals surface area contributed by atoms with Crippen LogP contribution in [0, 0.1) is 12.7 Å². The van der Waals surface area contributed by atoms with Crippen molar-refractivity contribution in [2.24, 2.45) is 0 Å². The monoisotopic (exact) mass is 406 g/mol. The summed E-state index contributed by atoms with van der Waals surface area (Å²) < 4.78 is 19.3. The molecule has 0 aliphatic heterocycles. The first-order chi connectivity index (χ1) is 14.5. The molecule has 0 aromatic heterocycles. The minimum absolute atomic E-state index is 0.0575. The fourth-order valence-corrected chi connectivity index (χ4v) is 2.89. The summed E-state index contributed by atoms with van der Waals surface area (Å²) in [6.07, 6.45) is 0. The molecule has 0 radical (unpaired) electrons. The van der Waals surface area contributed by atoms with Gasteiger partial charge in [-0.1, -0.05) is 30.3 Å². The number of amides is 2. The largest absolute Gasteiger partial charge is 0.377 e. The van der Waals surface area contributed by atoms with E-state index in [1.54, 1.807) is 37.3 Å². The number of nitrogens with one attached hydrogen (secondary N) is 2. The average molecular weight is 406 g/mol. The van der Waals surface area contributed by atoms with E-state index in [2.05, 4.69) is 10.6 Å². The lowest BCUT2D eigenvalue weighted by Gasteiger charge is -2.12.